The van der Waals surface area contributed by atoms with Crippen molar-refractivity contribution < 1.29 is 8.42 Å². The molecule has 0 heterocycles. The summed E-state index contributed by atoms with van der Waals surface area (Å²) in [4.78, 5) is 0.291. The number of rotatable bonds is 6. The monoisotopic (exact) mass is 270 g/mol. The molecule has 0 radical (unpaired) electrons. The number of hydrogen-bond donors (Lipinski definition) is 2. The van der Waals surface area contributed by atoms with Crippen LogP contribution >= 0.6 is 0 Å². The summed E-state index contributed by atoms with van der Waals surface area (Å²) in [5.41, 5.74) is 6.78. The molecule has 18 heavy (non-hydrogen) atoms. The van der Waals surface area contributed by atoms with Gasteiger partial charge in [-0.3, -0.25) is 0 Å². The first-order valence-electron chi connectivity index (χ1n) is 6.13. The van der Waals surface area contributed by atoms with E-state index in [9.17, 15) is 8.42 Å². The van der Waals surface area contributed by atoms with Crippen LogP contribution in [-0.2, 0) is 10.0 Å². The Labute approximate surface area is 110 Å². The van der Waals surface area contributed by atoms with E-state index in [0.29, 0.717) is 10.8 Å². The van der Waals surface area contributed by atoms with Crippen molar-refractivity contribution in [3.8, 4) is 0 Å². The SMILES string of the molecule is Cc1cccc(S(=O)(=O)NCC(N)CC(C)C)c1. The molecule has 0 spiro atoms. The van der Waals surface area contributed by atoms with Crippen LogP contribution in [0.4, 0.5) is 0 Å². The molecule has 0 saturated heterocycles. The van der Waals surface area contributed by atoms with E-state index in [2.05, 4.69) is 18.6 Å². The highest BCUT2D eigenvalue weighted by atomic mass is 32.2. The number of nitrogens with one attached hydrogen (secondary N) is 1. The first-order valence-corrected chi connectivity index (χ1v) is 7.61. The fraction of sp³-hybridized carbons (Fsp3) is 0.538. The summed E-state index contributed by atoms with van der Waals surface area (Å²) in [6, 6.07) is 6.69. The molecule has 1 atom stereocenters. The maximum atomic E-state index is 12.0. The van der Waals surface area contributed by atoms with Crippen LogP contribution in [0.2, 0.25) is 0 Å². The summed E-state index contributed by atoms with van der Waals surface area (Å²) in [6.45, 7) is 6.27. The summed E-state index contributed by atoms with van der Waals surface area (Å²) >= 11 is 0. The van der Waals surface area contributed by atoms with Crippen LogP contribution in [-0.4, -0.2) is 21.0 Å². The highest BCUT2D eigenvalue weighted by molar-refractivity contribution is 7.89. The lowest BCUT2D eigenvalue weighted by molar-refractivity contribution is 0.486. The predicted octanol–water partition coefficient (Wildman–Crippen LogP) is 1.65. The average Bonchev–Trinajstić information content (AvgIpc) is 2.26. The second-order valence-electron chi connectivity index (χ2n) is 5.06. The highest BCUT2D eigenvalue weighted by Gasteiger charge is 2.15. The normalized spacial score (nSPS) is 13.8. The van der Waals surface area contributed by atoms with Crippen LogP contribution in [0.3, 0.4) is 0 Å². The number of hydrogen-bond acceptors (Lipinski definition) is 3. The van der Waals surface area contributed by atoms with Crippen molar-refractivity contribution in [3.63, 3.8) is 0 Å². The van der Waals surface area contributed by atoms with Gasteiger partial charge in [-0.1, -0.05) is 26.0 Å². The summed E-state index contributed by atoms with van der Waals surface area (Å²) in [5, 5.41) is 0. The molecule has 4 nitrogen and oxygen atoms in total. The maximum Gasteiger partial charge on any atom is 0.240 e. The van der Waals surface area contributed by atoms with E-state index in [0.717, 1.165) is 12.0 Å². The van der Waals surface area contributed by atoms with E-state index in [1.165, 1.54) is 0 Å². The molecule has 0 amide bonds. The van der Waals surface area contributed by atoms with Crippen molar-refractivity contribution in [2.75, 3.05) is 6.54 Å². The molecule has 0 bridgehead atoms. The van der Waals surface area contributed by atoms with Gasteiger partial charge in [0.1, 0.15) is 0 Å². The smallest absolute Gasteiger partial charge is 0.240 e. The van der Waals surface area contributed by atoms with Gasteiger partial charge in [-0.2, -0.15) is 0 Å². The van der Waals surface area contributed by atoms with Gasteiger partial charge >= 0.3 is 0 Å². The molecule has 102 valence electrons. The van der Waals surface area contributed by atoms with Gasteiger partial charge in [0, 0.05) is 12.6 Å². The molecule has 0 aliphatic rings. The maximum absolute atomic E-state index is 12.0. The molecule has 3 N–H and O–H groups in total. The third kappa shape index (κ3) is 4.76. The summed E-state index contributed by atoms with van der Waals surface area (Å²) in [5.74, 6) is 0.462. The zero-order valence-corrected chi connectivity index (χ0v) is 12.0. The largest absolute Gasteiger partial charge is 0.327 e. The molecule has 0 aliphatic carbocycles. The van der Waals surface area contributed by atoms with Crippen LogP contribution in [0.15, 0.2) is 29.2 Å². The van der Waals surface area contributed by atoms with E-state index < -0.39 is 10.0 Å². The van der Waals surface area contributed by atoms with Crippen LogP contribution < -0.4 is 10.5 Å². The fourth-order valence-electron chi connectivity index (χ4n) is 1.77. The number of benzene rings is 1. The topological polar surface area (TPSA) is 72.2 Å². The first-order chi connectivity index (χ1) is 8.31. The second-order valence-corrected chi connectivity index (χ2v) is 6.82. The van der Waals surface area contributed by atoms with Crippen LogP contribution in [0.1, 0.15) is 25.8 Å². The van der Waals surface area contributed by atoms with E-state index >= 15 is 0 Å². The Morgan fingerprint density at radius 1 is 1.33 bits per heavy atom. The Hall–Kier alpha value is -0.910. The molecule has 1 aromatic carbocycles. The van der Waals surface area contributed by atoms with Crippen LogP contribution in [0.5, 0.6) is 0 Å². The molecular weight excluding hydrogens is 248 g/mol. The van der Waals surface area contributed by atoms with E-state index in [1.54, 1.807) is 18.2 Å². The Morgan fingerprint density at radius 3 is 2.56 bits per heavy atom. The lowest BCUT2D eigenvalue weighted by Gasteiger charge is -2.15. The summed E-state index contributed by atoms with van der Waals surface area (Å²) in [6.07, 6.45) is 0.802. The number of nitrogens with two attached hydrogens (primary N) is 1. The fourth-order valence-corrected chi connectivity index (χ4v) is 2.97. The van der Waals surface area contributed by atoms with E-state index in [4.69, 9.17) is 5.73 Å². The molecular formula is C13H22N2O2S. The Balaban J connectivity index is 2.66. The highest BCUT2D eigenvalue weighted by Crippen LogP contribution is 2.11. The van der Waals surface area contributed by atoms with Crippen molar-refractivity contribution in [1.82, 2.24) is 4.72 Å². The summed E-state index contributed by atoms with van der Waals surface area (Å²) < 4.78 is 26.6. The zero-order chi connectivity index (χ0) is 13.8. The molecule has 5 heteroatoms. The van der Waals surface area contributed by atoms with Gasteiger partial charge in [-0.05, 0) is 37.0 Å². The van der Waals surface area contributed by atoms with Crippen molar-refractivity contribution in [2.24, 2.45) is 11.7 Å². The minimum absolute atomic E-state index is 0.149. The second kappa shape index (κ2) is 6.31. The van der Waals surface area contributed by atoms with Gasteiger partial charge in [-0.15, -0.1) is 0 Å². The minimum atomic E-state index is -3.44. The van der Waals surface area contributed by atoms with Crippen molar-refractivity contribution in [2.45, 2.75) is 38.1 Å². The average molecular weight is 270 g/mol. The van der Waals surface area contributed by atoms with Gasteiger partial charge in [0.25, 0.3) is 0 Å². The molecule has 0 aromatic heterocycles. The molecule has 1 unspecified atom stereocenters. The van der Waals surface area contributed by atoms with Gasteiger partial charge in [-0.25, -0.2) is 13.1 Å². The van der Waals surface area contributed by atoms with Crippen LogP contribution in [0, 0.1) is 12.8 Å². The van der Waals surface area contributed by atoms with E-state index in [1.807, 2.05) is 13.0 Å². The van der Waals surface area contributed by atoms with Gasteiger partial charge in [0.2, 0.25) is 10.0 Å². The minimum Gasteiger partial charge on any atom is -0.327 e. The zero-order valence-electron chi connectivity index (χ0n) is 11.2. The first kappa shape index (κ1) is 15.1. The molecule has 0 fully saturated rings. The third-order valence-corrected chi connectivity index (χ3v) is 4.03. The van der Waals surface area contributed by atoms with Crippen LogP contribution in [0.25, 0.3) is 0 Å². The van der Waals surface area contributed by atoms with Gasteiger partial charge < -0.3 is 5.73 Å². The predicted molar refractivity (Wildman–Crippen MR) is 73.8 cm³/mol. The summed E-state index contributed by atoms with van der Waals surface area (Å²) in [7, 11) is -3.44. The Morgan fingerprint density at radius 2 is 2.00 bits per heavy atom. The number of sulfonamides is 1. The lowest BCUT2D eigenvalue weighted by atomic mass is 10.1. The Bertz CT molecular complexity index is 484. The molecule has 0 saturated carbocycles. The standard InChI is InChI=1S/C13H22N2O2S/c1-10(2)7-12(14)9-15-18(16,17)13-6-4-5-11(3)8-13/h4-6,8,10,12,15H,7,9,14H2,1-3H3. The number of aryl methyl sites for hydroxylation is 1. The molecule has 1 rings (SSSR count). The van der Waals surface area contributed by atoms with Gasteiger partial charge in [0.15, 0.2) is 0 Å². The molecule has 1 aromatic rings. The van der Waals surface area contributed by atoms with Gasteiger partial charge in [0.05, 0.1) is 4.90 Å². The van der Waals surface area contributed by atoms with Crippen molar-refractivity contribution in [1.29, 1.82) is 0 Å². The Kier molecular flexibility index (Phi) is 5.31. The van der Waals surface area contributed by atoms with E-state index in [-0.39, 0.29) is 12.6 Å². The van der Waals surface area contributed by atoms with Crippen molar-refractivity contribution in [3.05, 3.63) is 29.8 Å². The lowest BCUT2D eigenvalue weighted by Crippen LogP contribution is -2.38. The third-order valence-electron chi connectivity index (χ3n) is 2.61. The van der Waals surface area contributed by atoms with Crippen molar-refractivity contribution >= 4 is 10.0 Å². The molecule has 0 aliphatic heterocycles. The quantitative estimate of drug-likeness (QED) is 0.825.